The molecule has 8 nitrogen and oxygen atoms in total. The lowest BCUT2D eigenvalue weighted by Gasteiger charge is -2.05. The van der Waals surface area contributed by atoms with Gasteiger partial charge in [0.2, 0.25) is 0 Å². The highest BCUT2D eigenvalue weighted by Crippen LogP contribution is 2.02. The predicted molar refractivity (Wildman–Crippen MR) is 26.8 cm³/mol. The highest BCUT2D eigenvalue weighted by atomic mass is 16.7. The van der Waals surface area contributed by atoms with Crippen molar-refractivity contribution < 1.29 is 9.36 Å². The van der Waals surface area contributed by atoms with Crippen molar-refractivity contribution in [2.45, 2.75) is 0 Å². The summed E-state index contributed by atoms with van der Waals surface area (Å²) in [6.07, 6.45) is 0. The number of hydrogen-bond acceptors (Lipinski definition) is 8. The van der Waals surface area contributed by atoms with Crippen LogP contribution in [0.4, 0.5) is 6.01 Å². The number of rotatable bonds is 1. The van der Waals surface area contributed by atoms with Gasteiger partial charge in [0, 0.05) is 0 Å². The molecule has 0 radical (unpaired) electrons. The van der Waals surface area contributed by atoms with Gasteiger partial charge < -0.3 is 0 Å². The summed E-state index contributed by atoms with van der Waals surface area (Å²) in [6.45, 7) is 0.350. The summed E-state index contributed by atoms with van der Waals surface area (Å²) in [5, 5.41) is 11.2. The van der Waals surface area contributed by atoms with Gasteiger partial charge in [0.1, 0.15) is 6.73 Å². The van der Waals surface area contributed by atoms with E-state index in [-0.39, 0.29) is 6.01 Å². The van der Waals surface area contributed by atoms with Crippen LogP contribution in [0.1, 0.15) is 0 Å². The van der Waals surface area contributed by atoms with Gasteiger partial charge in [-0.05, 0) is 5.21 Å². The van der Waals surface area contributed by atoms with E-state index >= 15 is 0 Å². The molecule has 0 bridgehead atoms. The van der Waals surface area contributed by atoms with Gasteiger partial charge in [-0.2, -0.15) is 10.5 Å². The summed E-state index contributed by atoms with van der Waals surface area (Å²) < 4.78 is 4.57. The predicted octanol–water partition coefficient (Wildman–Crippen LogP) is -1.82. The molecule has 1 aliphatic rings. The molecule has 0 aromatic carbocycles. The van der Waals surface area contributed by atoms with E-state index in [1.54, 1.807) is 0 Å². The number of nitrogens with zero attached hydrogens (tertiary/aromatic N) is 4. The summed E-state index contributed by atoms with van der Waals surface area (Å²) in [6, 6.07) is 0.206. The summed E-state index contributed by atoms with van der Waals surface area (Å²) in [5.74, 6) is 0. The van der Waals surface area contributed by atoms with E-state index in [1.807, 2.05) is 0 Å². The van der Waals surface area contributed by atoms with Crippen molar-refractivity contribution in [2.24, 2.45) is 0 Å². The van der Waals surface area contributed by atoms with Crippen molar-refractivity contribution in [3.63, 3.8) is 0 Å². The Morgan fingerprint density at radius 1 is 1.60 bits per heavy atom. The Hall–Kier alpha value is -1.25. The van der Waals surface area contributed by atoms with Crippen LogP contribution in [0.5, 0.6) is 0 Å². The number of anilines is 1. The SMILES string of the molecule is C1NN(c2nnno2)NO1. The molecule has 2 N–H and O–H groups in total. The number of aromatic nitrogens is 3. The average molecular weight is 144 g/mol. The molecule has 2 heterocycles. The monoisotopic (exact) mass is 144 g/mol. The lowest BCUT2D eigenvalue weighted by molar-refractivity contribution is 0.0933. The van der Waals surface area contributed by atoms with Gasteiger partial charge in [0.25, 0.3) is 0 Å². The number of nitrogens with one attached hydrogen (secondary N) is 2. The van der Waals surface area contributed by atoms with Gasteiger partial charge in [-0.3, -0.25) is 9.36 Å². The van der Waals surface area contributed by atoms with Crippen molar-refractivity contribution in [3.05, 3.63) is 0 Å². The van der Waals surface area contributed by atoms with Crippen molar-refractivity contribution in [3.8, 4) is 0 Å². The van der Waals surface area contributed by atoms with Crippen LogP contribution in [0.15, 0.2) is 4.52 Å². The number of hydrazine groups is 2. The molecule has 1 fully saturated rings. The molecule has 0 saturated carbocycles. The summed E-state index contributed by atoms with van der Waals surface area (Å²) >= 11 is 0. The van der Waals surface area contributed by atoms with E-state index in [9.17, 15) is 0 Å². The van der Waals surface area contributed by atoms with E-state index in [4.69, 9.17) is 4.84 Å². The molecular formula is C2H4N6O2. The van der Waals surface area contributed by atoms with Crippen LogP contribution < -0.4 is 16.1 Å². The largest absolute Gasteiger partial charge is 0.375 e. The maximum atomic E-state index is 4.69. The van der Waals surface area contributed by atoms with Crippen molar-refractivity contribution in [2.75, 3.05) is 11.8 Å². The third-order valence-electron chi connectivity index (χ3n) is 0.931. The maximum absolute atomic E-state index is 4.69. The van der Waals surface area contributed by atoms with Gasteiger partial charge in [0.05, 0.1) is 5.27 Å². The quantitative estimate of drug-likeness (QED) is 0.476. The first-order valence-corrected chi connectivity index (χ1v) is 2.53. The lowest BCUT2D eigenvalue weighted by atomic mass is 11.1. The second kappa shape index (κ2) is 2.17. The third kappa shape index (κ3) is 0.795. The fourth-order valence-electron chi connectivity index (χ4n) is 0.548. The second-order valence-electron chi connectivity index (χ2n) is 1.52. The Morgan fingerprint density at radius 3 is 3.20 bits per heavy atom. The molecule has 54 valence electrons. The van der Waals surface area contributed by atoms with Crippen LogP contribution in [0.3, 0.4) is 0 Å². The molecular weight excluding hydrogens is 140 g/mol. The first-order chi connectivity index (χ1) is 4.97. The van der Waals surface area contributed by atoms with Crippen molar-refractivity contribution in [1.29, 1.82) is 0 Å². The van der Waals surface area contributed by atoms with Gasteiger partial charge in [-0.15, -0.1) is 0 Å². The van der Waals surface area contributed by atoms with Gasteiger partial charge in [-0.25, -0.2) is 0 Å². The van der Waals surface area contributed by atoms with Crippen LogP contribution in [0, 0.1) is 0 Å². The molecule has 0 aliphatic carbocycles. The molecule has 1 aliphatic heterocycles. The molecule has 8 heteroatoms. The Morgan fingerprint density at radius 2 is 2.60 bits per heavy atom. The maximum Gasteiger partial charge on any atom is 0.375 e. The summed E-state index contributed by atoms with van der Waals surface area (Å²) in [5.41, 5.74) is 5.17. The fourth-order valence-corrected chi connectivity index (χ4v) is 0.548. The Labute approximate surface area is 55.0 Å². The van der Waals surface area contributed by atoms with E-state index in [1.165, 1.54) is 5.12 Å². The van der Waals surface area contributed by atoms with E-state index in [2.05, 4.69) is 31.1 Å². The Kier molecular flexibility index (Phi) is 1.20. The van der Waals surface area contributed by atoms with Crippen molar-refractivity contribution >= 4 is 6.01 Å². The van der Waals surface area contributed by atoms with Crippen LogP contribution in [-0.2, 0) is 4.84 Å². The zero-order chi connectivity index (χ0) is 6.81. The first kappa shape index (κ1) is 5.53. The molecule has 0 spiro atoms. The van der Waals surface area contributed by atoms with E-state index < -0.39 is 0 Å². The van der Waals surface area contributed by atoms with Crippen LogP contribution >= 0.6 is 0 Å². The highest BCUT2D eigenvalue weighted by Gasteiger charge is 2.16. The van der Waals surface area contributed by atoms with E-state index in [0.717, 1.165) is 0 Å². The number of hydrogen-bond donors (Lipinski definition) is 2. The standard InChI is InChI=1S/C2H4N6O2/c1-3-8(7-9-1)2-4-5-6-10-2/h3,7H,1H2. The highest BCUT2D eigenvalue weighted by molar-refractivity contribution is 5.15. The second-order valence-corrected chi connectivity index (χ2v) is 1.52. The molecule has 10 heavy (non-hydrogen) atoms. The smallest absolute Gasteiger partial charge is 0.293 e. The third-order valence-corrected chi connectivity index (χ3v) is 0.931. The van der Waals surface area contributed by atoms with E-state index in [0.29, 0.717) is 6.73 Å². The molecule has 0 atom stereocenters. The average Bonchev–Trinajstić information content (AvgIpc) is 2.59. The Bertz CT molecular complexity index is 192. The topological polar surface area (TPSA) is 88.3 Å². The van der Waals surface area contributed by atoms with Gasteiger partial charge in [0.15, 0.2) is 0 Å². The molecule has 1 saturated heterocycles. The summed E-state index contributed by atoms with van der Waals surface area (Å²) in [4.78, 5) is 4.69. The Balaban J connectivity index is 2.12. The van der Waals surface area contributed by atoms with Crippen LogP contribution in [0.25, 0.3) is 0 Å². The lowest BCUT2D eigenvalue weighted by Crippen LogP contribution is -2.38. The molecule has 0 unspecified atom stereocenters. The minimum Gasteiger partial charge on any atom is -0.293 e. The fraction of sp³-hybridized carbons (Fsp3) is 0.500. The normalized spacial score (nSPS) is 18.2. The molecule has 0 amide bonds. The van der Waals surface area contributed by atoms with Gasteiger partial charge >= 0.3 is 6.01 Å². The zero-order valence-electron chi connectivity index (χ0n) is 4.81. The zero-order valence-corrected chi connectivity index (χ0v) is 4.81. The van der Waals surface area contributed by atoms with Crippen LogP contribution in [0.2, 0.25) is 0 Å². The molecule has 1 aromatic heterocycles. The van der Waals surface area contributed by atoms with Gasteiger partial charge in [-0.1, -0.05) is 10.7 Å². The summed E-state index contributed by atoms with van der Waals surface area (Å²) in [7, 11) is 0. The minimum absolute atomic E-state index is 0.206. The van der Waals surface area contributed by atoms with Crippen molar-refractivity contribution in [1.82, 2.24) is 26.6 Å². The minimum atomic E-state index is 0.206. The van der Waals surface area contributed by atoms with Crippen LogP contribution in [-0.4, -0.2) is 22.3 Å². The molecule has 1 aromatic rings. The molecule has 2 rings (SSSR count). The first-order valence-electron chi connectivity index (χ1n) is 2.53.